The lowest BCUT2D eigenvalue weighted by Crippen LogP contribution is -2.45. The Kier molecular flexibility index (Phi) is 15.4. The number of nitrogens with one attached hydrogen (secondary N) is 1. The zero-order valence-electron chi connectivity index (χ0n) is 27.5. The SMILES string of the molecule is CC(C)C[C@H](NC(=O)[C@H](CCc1ccccc1)CC(=O)CCCCN1CCN(C)CC1)C(=O)C[C@@H](Cc1ccccc1)C(=O)O. The van der Waals surface area contributed by atoms with Crippen LogP contribution in [0.4, 0.5) is 0 Å². The van der Waals surface area contributed by atoms with Crippen molar-refractivity contribution in [2.24, 2.45) is 17.8 Å². The van der Waals surface area contributed by atoms with E-state index in [1.54, 1.807) is 0 Å². The van der Waals surface area contributed by atoms with Crippen LogP contribution in [0.15, 0.2) is 60.7 Å². The van der Waals surface area contributed by atoms with E-state index in [-0.39, 0.29) is 42.7 Å². The van der Waals surface area contributed by atoms with Gasteiger partial charge in [-0.1, -0.05) is 74.5 Å². The number of amides is 1. The average Bonchev–Trinajstić information content (AvgIpc) is 3.02. The summed E-state index contributed by atoms with van der Waals surface area (Å²) in [6.45, 7) is 9.19. The molecule has 1 aliphatic heterocycles. The summed E-state index contributed by atoms with van der Waals surface area (Å²) in [5.41, 5.74) is 1.94. The molecule has 0 saturated carbocycles. The van der Waals surface area contributed by atoms with Crippen LogP contribution in [0.1, 0.15) is 69.9 Å². The van der Waals surface area contributed by atoms with E-state index in [4.69, 9.17) is 0 Å². The molecule has 1 aliphatic rings. The van der Waals surface area contributed by atoms with Crippen molar-refractivity contribution >= 4 is 23.4 Å². The van der Waals surface area contributed by atoms with Crippen molar-refractivity contribution in [1.82, 2.24) is 15.1 Å². The Labute approximate surface area is 269 Å². The second-order valence-electron chi connectivity index (χ2n) is 13.2. The van der Waals surface area contributed by atoms with Crippen molar-refractivity contribution in [3.8, 4) is 0 Å². The van der Waals surface area contributed by atoms with Crippen LogP contribution in [-0.4, -0.2) is 84.2 Å². The van der Waals surface area contributed by atoms with Crippen LogP contribution in [-0.2, 0) is 32.0 Å². The average molecular weight is 620 g/mol. The molecule has 0 radical (unpaired) electrons. The maximum atomic E-state index is 13.7. The van der Waals surface area contributed by atoms with Gasteiger partial charge in [-0.3, -0.25) is 19.2 Å². The molecule has 2 N–H and O–H groups in total. The number of likely N-dealkylation sites (N-methyl/N-ethyl adjacent to an activating group) is 1. The van der Waals surface area contributed by atoms with Crippen molar-refractivity contribution in [3.63, 3.8) is 0 Å². The number of aryl methyl sites for hydroxylation is 1. The molecule has 0 unspecified atom stereocenters. The van der Waals surface area contributed by atoms with Crippen LogP contribution in [0, 0.1) is 17.8 Å². The maximum absolute atomic E-state index is 13.7. The van der Waals surface area contributed by atoms with Crippen LogP contribution < -0.4 is 5.32 Å². The number of benzene rings is 2. The standard InChI is InChI=1S/C37H53N3O5/c1-28(2)24-34(35(42)27-32(37(44)45)25-30-14-8-5-9-15-30)38-36(43)31(18-17-29-12-6-4-7-13-29)26-33(41)16-10-11-19-40-22-20-39(3)21-23-40/h4-9,12-15,28,31-32,34H,10-11,16-27H2,1-3H3,(H,38,43)(H,44,45)/t31-,32-,34+/m1/s1. The number of carbonyl (C=O) groups is 4. The zero-order chi connectivity index (χ0) is 32.6. The number of hydrogen-bond donors (Lipinski definition) is 2. The van der Waals surface area contributed by atoms with Crippen LogP contribution in [0.25, 0.3) is 0 Å². The first-order valence-corrected chi connectivity index (χ1v) is 16.7. The Morgan fingerprint density at radius 3 is 2.04 bits per heavy atom. The minimum atomic E-state index is -1.03. The molecule has 0 bridgehead atoms. The van der Waals surface area contributed by atoms with Gasteiger partial charge >= 0.3 is 5.97 Å². The summed E-state index contributed by atoms with van der Waals surface area (Å²) in [6, 6.07) is 18.4. The fraction of sp³-hybridized carbons (Fsp3) is 0.568. The molecule has 0 spiro atoms. The second kappa shape index (κ2) is 19.2. The van der Waals surface area contributed by atoms with Crippen LogP contribution in [0.2, 0.25) is 0 Å². The molecule has 8 heteroatoms. The molecule has 3 atom stereocenters. The number of rotatable bonds is 20. The molecule has 0 aliphatic carbocycles. The van der Waals surface area contributed by atoms with Gasteiger partial charge in [-0.2, -0.15) is 0 Å². The number of ketones is 2. The summed E-state index contributed by atoms with van der Waals surface area (Å²) in [6.07, 6.45) is 3.97. The van der Waals surface area contributed by atoms with Crippen molar-refractivity contribution in [3.05, 3.63) is 71.8 Å². The lowest BCUT2D eigenvalue weighted by molar-refractivity contribution is -0.144. The normalized spacial score (nSPS) is 16.2. The first-order valence-electron chi connectivity index (χ1n) is 16.7. The predicted molar refractivity (Wildman–Crippen MR) is 178 cm³/mol. The van der Waals surface area contributed by atoms with Gasteiger partial charge in [-0.15, -0.1) is 0 Å². The molecule has 1 heterocycles. The highest BCUT2D eigenvalue weighted by Crippen LogP contribution is 2.20. The third-order valence-electron chi connectivity index (χ3n) is 8.78. The number of Topliss-reactive ketones (excluding diaryl/α,β-unsaturated/α-hetero) is 2. The summed E-state index contributed by atoms with van der Waals surface area (Å²) in [7, 11) is 2.14. The van der Waals surface area contributed by atoms with E-state index in [0.29, 0.717) is 25.7 Å². The van der Waals surface area contributed by atoms with Gasteiger partial charge in [-0.05, 0) is 69.2 Å². The van der Waals surface area contributed by atoms with Gasteiger partial charge in [0.15, 0.2) is 5.78 Å². The third-order valence-corrected chi connectivity index (χ3v) is 8.78. The molecule has 1 amide bonds. The monoisotopic (exact) mass is 619 g/mol. The highest BCUT2D eigenvalue weighted by atomic mass is 16.4. The zero-order valence-corrected chi connectivity index (χ0v) is 27.5. The van der Waals surface area contributed by atoms with Crippen molar-refractivity contribution in [1.29, 1.82) is 0 Å². The number of carbonyl (C=O) groups excluding carboxylic acids is 3. The minimum Gasteiger partial charge on any atom is -0.481 e. The van der Waals surface area contributed by atoms with E-state index >= 15 is 0 Å². The topological polar surface area (TPSA) is 107 Å². The highest BCUT2D eigenvalue weighted by molar-refractivity contribution is 5.93. The van der Waals surface area contributed by atoms with Gasteiger partial charge < -0.3 is 20.2 Å². The Morgan fingerprint density at radius 1 is 0.822 bits per heavy atom. The van der Waals surface area contributed by atoms with Crippen molar-refractivity contribution in [2.75, 3.05) is 39.8 Å². The number of unbranched alkanes of at least 4 members (excludes halogenated alkanes) is 1. The molecule has 2 aromatic carbocycles. The summed E-state index contributed by atoms with van der Waals surface area (Å²) < 4.78 is 0. The minimum absolute atomic E-state index is 0.0714. The number of piperazine rings is 1. The lowest BCUT2D eigenvalue weighted by atomic mass is 9.88. The smallest absolute Gasteiger partial charge is 0.307 e. The molecule has 1 saturated heterocycles. The lowest BCUT2D eigenvalue weighted by Gasteiger charge is -2.32. The molecule has 246 valence electrons. The van der Waals surface area contributed by atoms with Gasteiger partial charge in [0.05, 0.1) is 12.0 Å². The predicted octanol–water partition coefficient (Wildman–Crippen LogP) is 5.05. The molecule has 0 aromatic heterocycles. The molecule has 45 heavy (non-hydrogen) atoms. The molecule has 3 rings (SSSR count). The summed E-state index contributed by atoms with van der Waals surface area (Å²) in [5.74, 6) is -2.86. The van der Waals surface area contributed by atoms with E-state index in [1.807, 2.05) is 74.5 Å². The highest BCUT2D eigenvalue weighted by Gasteiger charge is 2.31. The quantitative estimate of drug-likeness (QED) is 0.200. The second-order valence-corrected chi connectivity index (χ2v) is 13.2. The van der Waals surface area contributed by atoms with Gasteiger partial charge in [0.2, 0.25) is 5.91 Å². The molecule has 2 aromatic rings. The maximum Gasteiger partial charge on any atom is 0.307 e. The first-order chi connectivity index (χ1) is 21.6. The number of carboxylic acid groups (broad SMARTS) is 1. The van der Waals surface area contributed by atoms with E-state index in [0.717, 1.165) is 56.7 Å². The Morgan fingerprint density at radius 2 is 1.44 bits per heavy atom. The van der Waals surface area contributed by atoms with E-state index in [2.05, 4.69) is 22.2 Å². The van der Waals surface area contributed by atoms with E-state index in [1.165, 1.54) is 0 Å². The van der Waals surface area contributed by atoms with Gasteiger partial charge in [0, 0.05) is 51.4 Å². The fourth-order valence-corrected chi connectivity index (χ4v) is 5.98. The Hall–Kier alpha value is -3.36. The Bertz CT molecular complexity index is 1200. The number of nitrogens with zero attached hydrogens (tertiary/aromatic N) is 2. The van der Waals surface area contributed by atoms with Gasteiger partial charge in [0.1, 0.15) is 5.78 Å². The van der Waals surface area contributed by atoms with Gasteiger partial charge in [-0.25, -0.2) is 0 Å². The molecular formula is C37H53N3O5. The largest absolute Gasteiger partial charge is 0.481 e. The molecular weight excluding hydrogens is 566 g/mol. The van der Waals surface area contributed by atoms with Crippen LogP contribution in [0.5, 0.6) is 0 Å². The van der Waals surface area contributed by atoms with Crippen LogP contribution >= 0.6 is 0 Å². The molecule has 1 fully saturated rings. The van der Waals surface area contributed by atoms with Crippen molar-refractivity contribution in [2.45, 2.75) is 77.7 Å². The molecule has 8 nitrogen and oxygen atoms in total. The number of aliphatic carboxylic acids is 1. The first kappa shape index (κ1) is 36.1. The number of hydrogen-bond acceptors (Lipinski definition) is 6. The van der Waals surface area contributed by atoms with Gasteiger partial charge in [0.25, 0.3) is 0 Å². The fourth-order valence-electron chi connectivity index (χ4n) is 5.98. The number of carboxylic acids is 1. The van der Waals surface area contributed by atoms with E-state index in [9.17, 15) is 24.3 Å². The van der Waals surface area contributed by atoms with Crippen molar-refractivity contribution < 1.29 is 24.3 Å². The summed E-state index contributed by atoms with van der Waals surface area (Å²) in [4.78, 5) is 57.2. The summed E-state index contributed by atoms with van der Waals surface area (Å²) in [5, 5.41) is 12.9. The summed E-state index contributed by atoms with van der Waals surface area (Å²) >= 11 is 0. The van der Waals surface area contributed by atoms with E-state index < -0.39 is 23.8 Å². The Balaban J connectivity index is 1.62. The van der Waals surface area contributed by atoms with Crippen LogP contribution in [0.3, 0.4) is 0 Å². The third kappa shape index (κ3) is 13.7.